The predicted molar refractivity (Wildman–Crippen MR) is 140 cm³/mol. The van der Waals surface area contributed by atoms with Gasteiger partial charge in [0.2, 0.25) is 0 Å². The summed E-state index contributed by atoms with van der Waals surface area (Å²) < 4.78 is 8.90. The number of amides is 3. The van der Waals surface area contributed by atoms with Crippen LogP contribution in [-0.2, 0) is 7.05 Å². The number of rotatable bonds is 5. The van der Waals surface area contributed by atoms with Gasteiger partial charge in [0.15, 0.2) is 11.6 Å². The van der Waals surface area contributed by atoms with Gasteiger partial charge in [0, 0.05) is 32.7 Å². The van der Waals surface area contributed by atoms with Crippen LogP contribution >= 0.6 is 0 Å². The number of nitrogens with zero attached hydrogens (tertiary/aromatic N) is 5. The Morgan fingerprint density at radius 3 is 2.68 bits per heavy atom. The van der Waals surface area contributed by atoms with Crippen molar-refractivity contribution in [2.24, 2.45) is 7.05 Å². The average molecular weight is 506 g/mol. The summed E-state index contributed by atoms with van der Waals surface area (Å²) >= 11 is 0. The molecule has 1 saturated heterocycles. The van der Waals surface area contributed by atoms with Gasteiger partial charge in [-0.15, -0.1) is 0 Å². The summed E-state index contributed by atoms with van der Waals surface area (Å²) in [6, 6.07) is 12.6. The van der Waals surface area contributed by atoms with Crippen LogP contribution < -0.4 is 30.7 Å². The zero-order valence-electron chi connectivity index (χ0n) is 21.2. The standard InChI is InChI=1S/C26H31N7O4/c1-4-27-26(36)32-14-15-37-20-10-11-21(29-23(20)32)31-13-12-18(16-31)28-24(34)22-17(2)30(3)33(25(22)35)19-8-6-5-7-9-19/h5-11,18H,4,12-16H2,1-3H3,(H,27,36)(H,28,34)/t18-/m0/s1. The fourth-order valence-corrected chi connectivity index (χ4v) is 4.88. The van der Waals surface area contributed by atoms with E-state index in [2.05, 4.69) is 15.5 Å². The summed E-state index contributed by atoms with van der Waals surface area (Å²) in [6.07, 6.45) is 0.708. The summed E-state index contributed by atoms with van der Waals surface area (Å²) in [7, 11) is 1.77. The molecule has 3 amide bonds. The van der Waals surface area contributed by atoms with Crippen molar-refractivity contribution in [2.75, 3.05) is 42.6 Å². The van der Waals surface area contributed by atoms with Crippen molar-refractivity contribution in [1.82, 2.24) is 25.0 Å². The van der Waals surface area contributed by atoms with Crippen molar-refractivity contribution >= 4 is 23.6 Å². The van der Waals surface area contributed by atoms with E-state index < -0.39 is 0 Å². The van der Waals surface area contributed by atoms with E-state index in [1.165, 1.54) is 4.68 Å². The molecule has 0 aliphatic carbocycles. The van der Waals surface area contributed by atoms with E-state index in [1.807, 2.05) is 49.4 Å². The van der Waals surface area contributed by atoms with Crippen LogP contribution in [-0.4, -0.2) is 65.1 Å². The summed E-state index contributed by atoms with van der Waals surface area (Å²) in [6.45, 7) is 6.22. The van der Waals surface area contributed by atoms with Crippen LogP contribution in [0.3, 0.4) is 0 Å². The Hall–Kier alpha value is -4.28. The van der Waals surface area contributed by atoms with Crippen molar-refractivity contribution in [1.29, 1.82) is 0 Å². The average Bonchev–Trinajstić information content (AvgIpc) is 3.45. The molecule has 2 N–H and O–H groups in total. The first kappa shape index (κ1) is 24.4. The number of nitrogens with one attached hydrogen (secondary N) is 2. The molecular weight excluding hydrogens is 474 g/mol. The second kappa shape index (κ2) is 10.00. The number of urea groups is 1. The largest absolute Gasteiger partial charge is 0.488 e. The smallest absolute Gasteiger partial charge is 0.323 e. The minimum atomic E-state index is -0.381. The molecule has 0 bridgehead atoms. The Kier molecular flexibility index (Phi) is 6.60. The number of para-hydroxylation sites is 1. The summed E-state index contributed by atoms with van der Waals surface area (Å²) in [5, 5.41) is 5.86. The molecule has 1 fully saturated rings. The fourth-order valence-electron chi connectivity index (χ4n) is 4.88. The molecule has 2 aromatic heterocycles. The zero-order chi connectivity index (χ0) is 26.1. The molecule has 1 aromatic carbocycles. The van der Waals surface area contributed by atoms with E-state index in [9.17, 15) is 14.4 Å². The van der Waals surface area contributed by atoms with Gasteiger partial charge in [0.05, 0.1) is 17.9 Å². The van der Waals surface area contributed by atoms with Gasteiger partial charge in [-0.2, -0.15) is 0 Å². The normalized spacial score (nSPS) is 16.8. The number of anilines is 2. The maximum atomic E-state index is 13.2. The Morgan fingerprint density at radius 1 is 1.14 bits per heavy atom. The van der Waals surface area contributed by atoms with E-state index in [0.29, 0.717) is 68.0 Å². The minimum Gasteiger partial charge on any atom is -0.488 e. The SMILES string of the molecule is CCNC(=O)N1CCOc2ccc(N3CC[C@H](NC(=O)c4c(C)n(C)n(-c5ccccc5)c4=O)C3)nc21. The summed E-state index contributed by atoms with van der Waals surface area (Å²) in [5.41, 5.74) is 1.10. The number of aromatic nitrogens is 3. The topological polar surface area (TPSA) is 114 Å². The lowest BCUT2D eigenvalue weighted by molar-refractivity contribution is 0.0938. The Labute approximate surface area is 214 Å². The highest BCUT2D eigenvalue weighted by molar-refractivity contribution is 5.95. The van der Waals surface area contributed by atoms with E-state index >= 15 is 0 Å². The zero-order valence-corrected chi connectivity index (χ0v) is 21.2. The van der Waals surface area contributed by atoms with E-state index in [4.69, 9.17) is 9.72 Å². The highest BCUT2D eigenvalue weighted by Crippen LogP contribution is 2.33. The van der Waals surface area contributed by atoms with Gasteiger partial charge in [-0.05, 0) is 44.5 Å². The number of carbonyl (C=O) groups is 2. The van der Waals surface area contributed by atoms with Crippen LogP contribution in [0.25, 0.3) is 5.69 Å². The number of benzene rings is 1. The van der Waals surface area contributed by atoms with E-state index in [0.717, 1.165) is 0 Å². The molecule has 0 spiro atoms. The summed E-state index contributed by atoms with van der Waals surface area (Å²) in [5.74, 6) is 1.38. The molecule has 11 heteroatoms. The number of pyridine rings is 1. The van der Waals surface area contributed by atoms with E-state index in [-0.39, 0.29) is 29.1 Å². The Bertz CT molecular complexity index is 1380. The maximum Gasteiger partial charge on any atom is 0.323 e. The van der Waals surface area contributed by atoms with Crippen molar-refractivity contribution < 1.29 is 14.3 Å². The summed E-state index contributed by atoms with van der Waals surface area (Å²) in [4.78, 5) is 47.3. The van der Waals surface area contributed by atoms with Crippen LogP contribution in [0.1, 0.15) is 29.4 Å². The van der Waals surface area contributed by atoms with Crippen molar-refractivity contribution in [3.63, 3.8) is 0 Å². The monoisotopic (exact) mass is 505 g/mol. The van der Waals surface area contributed by atoms with Gasteiger partial charge in [-0.3, -0.25) is 19.2 Å². The Morgan fingerprint density at radius 2 is 1.92 bits per heavy atom. The molecule has 0 radical (unpaired) electrons. The first-order chi connectivity index (χ1) is 17.9. The lowest BCUT2D eigenvalue weighted by Crippen LogP contribution is -2.45. The maximum absolute atomic E-state index is 13.2. The first-order valence-corrected chi connectivity index (χ1v) is 12.5. The molecule has 11 nitrogen and oxygen atoms in total. The second-order valence-corrected chi connectivity index (χ2v) is 9.17. The molecule has 3 aromatic rings. The molecule has 1 atom stereocenters. The number of ether oxygens (including phenoxy) is 1. The molecule has 5 rings (SSSR count). The second-order valence-electron chi connectivity index (χ2n) is 9.17. The van der Waals surface area contributed by atoms with Gasteiger partial charge < -0.3 is 20.3 Å². The van der Waals surface area contributed by atoms with Crippen LogP contribution in [0.2, 0.25) is 0 Å². The number of fused-ring (bicyclic) bond motifs is 1. The Balaban J connectivity index is 1.31. The van der Waals surface area contributed by atoms with Crippen LogP contribution in [0.4, 0.5) is 16.4 Å². The molecule has 4 heterocycles. The quantitative estimate of drug-likeness (QED) is 0.547. The first-order valence-electron chi connectivity index (χ1n) is 12.5. The van der Waals surface area contributed by atoms with Gasteiger partial charge in [0.1, 0.15) is 18.0 Å². The molecule has 37 heavy (non-hydrogen) atoms. The number of carbonyl (C=O) groups excluding carboxylic acids is 2. The van der Waals surface area contributed by atoms with Crippen molar-refractivity contribution in [3.8, 4) is 11.4 Å². The minimum absolute atomic E-state index is 0.145. The van der Waals surface area contributed by atoms with Gasteiger partial charge in [-0.1, -0.05) is 18.2 Å². The van der Waals surface area contributed by atoms with Crippen molar-refractivity contribution in [2.45, 2.75) is 26.3 Å². The number of hydrogen-bond donors (Lipinski definition) is 2. The van der Waals surface area contributed by atoms with Gasteiger partial charge in [-0.25, -0.2) is 14.5 Å². The van der Waals surface area contributed by atoms with Crippen LogP contribution in [0.5, 0.6) is 5.75 Å². The highest BCUT2D eigenvalue weighted by Gasteiger charge is 2.31. The van der Waals surface area contributed by atoms with Crippen LogP contribution in [0, 0.1) is 6.92 Å². The molecule has 194 valence electrons. The molecule has 0 unspecified atom stereocenters. The third kappa shape index (κ3) is 4.52. The molecular formula is C26H31N7O4. The van der Waals surface area contributed by atoms with E-state index in [1.54, 1.807) is 23.6 Å². The number of hydrogen-bond acceptors (Lipinski definition) is 6. The highest BCUT2D eigenvalue weighted by atomic mass is 16.5. The van der Waals surface area contributed by atoms with Crippen molar-refractivity contribution in [3.05, 3.63) is 64.1 Å². The predicted octanol–water partition coefficient (Wildman–Crippen LogP) is 1.82. The molecule has 2 aliphatic rings. The third-order valence-corrected chi connectivity index (χ3v) is 6.85. The van der Waals surface area contributed by atoms with Crippen LogP contribution in [0.15, 0.2) is 47.3 Å². The third-order valence-electron chi connectivity index (χ3n) is 6.85. The lowest BCUT2D eigenvalue weighted by atomic mass is 10.2. The molecule has 0 saturated carbocycles. The molecule has 2 aliphatic heterocycles. The lowest BCUT2D eigenvalue weighted by Gasteiger charge is -2.29. The van der Waals surface area contributed by atoms with Gasteiger partial charge >= 0.3 is 6.03 Å². The van der Waals surface area contributed by atoms with Gasteiger partial charge in [0.25, 0.3) is 11.5 Å². The fraction of sp³-hybridized carbons (Fsp3) is 0.385.